The molecule has 1 aliphatic carbocycles. The lowest BCUT2D eigenvalue weighted by Crippen LogP contribution is -2.30. The second-order valence-corrected chi connectivity index (χ2v) is 7.42. The first-order valence-corrected chi connectivity index (χ1v) is 9.49. The summed E-state index contributed by atoms with van der Waals surface area (Å²) in [6.07, 6.45) is 2.00. The molecule has 0 saturated heterocycles. The molecule has 1 heterocycles. The molecule has 3 N–H and O–H groups in total. The number of nitrogen functional groups attached to an aromatic ring is 1. The van der Waals surface area contributed by atoms with Crippen LogP contribution in [0.5, 0.6) is 0 Å². The second-order valence-electron chi connectivity index (χ2n) is 6.35. The lowest BCUT2D eigenvalue weighted by atomic mass is 10.1. The Morgan fingerprint density at radius 1 is 1.15 bits per heavy atom. The van der Waals surface area contributed by atoms with E-state index < -0.39 is 11.1 Å². The summed E-state index contributed by atoms with van der Waals surface area (Å²) < 4.78 is 15.3. The van der Waals surface area contributed by atoms with Crippen molar-refractivity contribution in [3.63, 3.8) is 0 Å². The molecule has 1 amide bonds. The molecule has 2 aromatic carbocycles. The average molecular weight is 383 g/mol. The van der Waals surface area contributed by atoms with E-state index in [0.29, 0.717) is 5.16 Å². The molecule has 1 aromatic heterocycles. The molecule has 0 unspecified atom stereocenters. The third kappa shape index (κ3) is 3.80. The maximum Gasteiger partial charge on any atom is 0.238 e. The number of halogens is 1. The quantitative estimate of drug-likeness (QED) is 0.505. The van der Waals surface area contributed by atoms with Crippen molar-refractivity contribution in [2.24, 2.45) is 0 Å². The number of benzene rings is 2. The van der Waals surface area contributed by atoms with Crippen LogP contribution in [0, 0.1) is 5.82 Å². The van der Waals surface area contributed by atoms with Crippen molar-refractivity contribution in [3.8, 4) is 11.4 Å². The van der Waals surface area contributed by atoms with Crippen LogP contribution >= 0.6 is 11.8 Å². The Morgan fingerprint density at radius 2 is 1.85 bits per heavy atom. The molecule has 1 fully saturated rings. The van der Waals surface area contributed by atoms with Gasteiger partial charge < -0.3 is 11.2 Å². The molecule has 1 atom stereocenters. The number of hydrogen-bond donors (Lipinski definition) is 2. The van der Waals surface area contributed by atoms with Crippen LogP contribution in [0.3, 0.4) is 0 Å². The molecule has 3 aromatic rings. The first kappa shape index (κ1) is 17.5. The van der Waals surface area contributed by atoms with E-state index in [1.165, 1.54) is 22.5 Å². The second kappa shape index (κ2) is 7.40. The molecule has 4 rings (SSSR count). The van der Waals surface area contributed by atoms with Crippen molar-refractivity contribution in [3.05, 3.63) is 66.0 Å². The van der Waals surface area contributed by atoms with Gasteiger partial charge in [0.2, 0.25) is 11.1 Å². The number of rotatable bonds is 6. The minimum absolute atomic E-state index is 0.0934. The van der Waals surface area contributed by atoms with Crippen molar-refractivity contribution in [2.75, 3.05) is 5.84 Å². The molecule has 1 aliphatic rings. The Labute approximate surface area is 160 Å². The Hall–Kier alpha value is -2.87. The van der Waals surface area contributed by atoms with Crippen LogP contribution in [0.4, 0.5) is 4.39 Å². The Balaban J connectivity index is 1.63. The van der Waals surface area contributed by atoms with Crippen molar-refractivity contribution in [2.45, 2.75) is 29.3 Å². The number of nitrogens with one attached hydrogen (secondary N) is 1. The number of carbonyl (C=O) groups excluding carboxylic acids is 1. The van der Waals surface area contributed by atoms with Gasteiger partial charge in [-0.15, -0.1) is 10.2 Å². The monoisotopic (exact) mass is 383 g/mol. The summed E-state index contributed by atoms with van der Waals surface area (Å²) in [5.74, 6) is 5.81. The van der Waals surface area contributed by atoms with E-state index in [0.717, 1.165) is 18.4 Å². The standard InChI is InChI=1S/C19H18FN5OS/c20-15-9-5-4-8-14(15)17-23-24-19(25(17)21)27-16(12-6-2-1-3-7-12)18(26)22-13-10-11-13/h1-9,13,16H,10-11,21H2,(H,22,26)/t16-/m0/s1. The molecule has 0 radical (unpaired) electrons. The molecule has 0 aliphatic heterocycles. The predicted octanol–water partition coefficient (Wildman–Crippen LogP) is 2.91. The van der Waals surface area contributed by atoms with Crippen LogP contribution in [0.2, 0.25) is 0 Å². The minimum Gasteiger partial charge on any atom is -0.352 e. The third-order valence-corrected chi connectivity index (χ3v) is 5.48. The van der Waals surface area contributed by atoms with Crippen LogP contribution < -0.4 is 11.2 Å². The highest BCUT2D eigenvalue weighted by molar-refractivity contribution is 8.00. The first-order valence-electron chi connectivity index (χ1n) is 8.61. The largest absolute Gasteiger partial charge is 0.352 e. The zero-order valence-corrected chi connectivity index (χ0v) is 15.2. The molecular weight excluding hydrogens is 365 g/mol. The maximum absolute atomic E-state index is 14.1. The maximum atomic E-state index is 14.1. The minimum atomic E-state index is -0.522. The number of aromatic nitrogens is 3. The molecule has 0 bridgehead atoms. The number of nitrogens with zero attached hydrogens (tertiary/aromatic N) is 3. The van der Waals surface area contributed by atoms with E-state index in [1.54, 1.807) is 18.2 Å². The van der Waals surface area contributed by atoms with Gasteiger partial charge in [0, 0.05) is 6.04 Å². The summed E-state index contributed by atoms with van der Waals surface area (Å²) in [6, 6.07) is 15.9. The van der Waals surface area contributed by atoms with Crippen molar-refractivity contribution in [1.29, 1.82) is 0 Å². The van der Waals surface area contributed by atoms with Gasteiger partial charge in [-0.25, -0.2) is 9.07 Å². The average Bonchev–Trinajstić information content (AvgIpc) is 3.42. The lowest BCUT2D eigenvalue weighted by Gasteiger charge is -2.16. The topological polar surface area (TPSA) is 85.8 Å². The van der Waals surface area contributed by atoms with Crippen LogP contribution in [-0.4, -0.2) is 26.8 Å². The van der Waals surface area contributed by atoms with Gasteiger partial charge in [0.1, 0.15) is 11.1 Å². The number of hydrogen-bond acceptors (Lipinski definition) is 5. The smallest absolute Gasteiger partial charge is 0.238 e. The van der Waals surface area contributed by atoms with E-state index in [1.807, 2.05) is 30.3 Å². The summed E-state index contributed by atoms with van der Waals surface area (Å²) in [7, 11) is 0. The van der Waals surface area contributed by atoms with E-state index in [2.05, 4.69) is 15.5 Å². The van der Waals surface area contributed by atoms with Gasteiger partial charge in [0.05, 0.1) is 5.56 Å². The molecular formula is C19H18FN5OS. The normalized spacial score (nSPS) is 14.7. The summed E-state index contributed by atoms with van der Waals surface area (Å²) in [4.78, 5) is 12.8. The van der Waals surface area contributed by atoms with E-state index in [9.17, 15) is 9.18 Å². The molecule has 138 valence electrons. The van der Waals surface area contributed by atoms with E-state index >= 15 is 0 Å². The highest BCUT2D eigenvalue weighted by Crippen LogP contribution is 2.36. The van der Waals surface area contributed by atoms with Gasteiger partial charge >= 0.3 is 0 Å². The fraction of sp³-hybridized carbons (Fsp3) is 0.211. The Morgan fingerprint density at radius 3 is 2.56 bits per heavy atom. The van der Waals surface area contributed by atoms with Crippen molar-refractivity contribution < 1.29 is 9.18 Å². The van der Waals surface area contributed by atoms with Gasteiger partial charge in [-0.1, -0.05) is 54.2 Å². The zero-order valence-electron chi connectivity index (χ0n) is 14.4. The molecule has 0 spiro atoms. The fourth-order valence-electron chi connectivity index (χ4n) is 2.69. The van der Waals surface area contributed by atoms with Crippen LogP contribution in [0.25, 0.3) is 11.4 Å². The summed E-state index contributed by atoms with van der Waals surface area (Å²) in [6.45, 7) is 0. The summed E-state index contributed by atoms with van der Waals surface area (Å²) >= 11 is 1.20. The molecule has 1 saturated carbocycles. The Bertz CT molecular complexity index is 958. The number of thioether (sulfide) groups is 1. The summed E-state index contributed by atoms with van der Waals surface area (Å²) in [5.41, 5.74) is 1.11. The number of carbonyl (C=O) groups is 1. The predicted molar refractivity (Wildman–Crippen MR) is 102 cm³/mol. The number of amides is 1. The fourth-order valence-corrected chi connectivity index (χ4v) is 3.66. The van der Waals surface area contributed by atoms with Crippen LogP contribution in [0.1, 0.15) is 23.7 Å². The highest BCUT2D eigenvalue weighted by atomic mass is 32.2. The first-order chi connectivity index (χ1) is 13.1. The molecule has 8 heteroatoms. The summed E-state index contributed by atoms with van der Waals surface area (Å²) in [5, 5.41) is 10.9. The van der Waals surface area contributed by atoms with Gasteiger partial charge in [-0.2, -0.15) is 0 Å². The van der Waals surface area contributed by atoms with Gasteiger partial charge in [-0.05, 0) is 30.5 Å². The van der Waals surface area contributed by atoms with E-state index in [4.69, 9.17) is 5.84 Å². The van der Waals surface area contributed by atoms with Crippen LogP contribution in [0.15, 0.2) is 59.8 Å². The third-order valence-electron chi connectivity index (χ3n) is 4.27. The highest BCUT2D eigenvalue weighted by Gasteiger charge is 2.30. The molecule has 6 nitrogen and oxygen atoms in total. The van der Waals surface area contributed by atoms with Crippen LogP contribution in [-0.2, 0) is 4.79 Å². The number of nitrogens with two attached hydrogens (primary N) is 1. The SMILES string of the molecule is Nn1c(S[C@H](C(=O)NC2CC2)c2ccccc2)nnc1-c1ccccc1F. The van der Waals surface area contributed by atoms with Crippen molar-refractivity contribution in [1.82, 2.24) is 20.2 Å². The lowest BCUT2D eigenvalue weighted by molar-refractivity contribution is -0.120. The Kier molecular flexibility index (Phi) is 4.81. The van der Waals surface area contributed by atoms with Gasteiger partial charge in [0.25, 0.3) is 0 Å². The molecule has 27 heavy (non-hydrogen) atoms. The van der Waals surface area contributed by atoms with Gasteiger partial charge in [-0.3, -0.25) is 4.79 Å². The van der Waals surface area contributed by atoms with Gasteiger partial charge in [0.15, 0.2) is 5.82 Å². The van der Waals surface area contributed by atoms with E-state index in [-0.39, 0.29) is 23.3 Å². The zero-order chi connectivity index (χ0) is 18.8. The van der Waals surface area contributed by atoms with Crippen molar-refractivity contribution >= 4 is 17.7 Å².